The second-order valence-electron chi connectivity index (χ2n) is 5.98. The van der Waals surface area contributed by atoms with Gasteiger partial charge in [0, 0.05) is 23.6 Å². The maximum atomic E-state index is 13.5. The summed E-state index contributed by atoms with van der Waals surface area (Å²) in [7, 11) is 0. The average Bonchev–Trinajstić information content (AvgIpc) is 2.63. The maximum absolute atomic E-state index is 13.5. The molecule has 2 amide bonds. The second kappa shape index (κ2) is 9.97. The highest BCUT2D eigenvalue weighted by atomic mass is 32.2. The van der Waals surface area contributed by atoms with Crippen molar-refractivity contribution in [3.63, 3.8) is 0 Å². The number of hydrogen-bond donors (Lipinski definition) is 2. The molecule has 0 atom stereocenters. The van der Waals surface area contributed by atoms with E-state index in [9.17, 15) is 14.0 Å². The van der Waals surface area contributed by atoms with Gasteiger partial charge in [-0.25, -0.2) is 4.39 Å². The summed E-state index contributed by atoms with van der Waals surface area (Å²) < 4.78 is 13.5. The van der Waals surface area contributed by atoms with E-state index >= 15 is 0 Å². The van der Waals surface area contributed by atoms with Gasteiger partial charge < -0.3 is 10.6 Å². The van der Waals surface area contributed by atoms with Gasteiger partial charge in [-0.05, 0) is 48.7 Å². The average molecular weight is 374 g/mol. The number of aryl methyl sites for hydroxylation is 2. The third kappa shape index (κ3) is 6.19. The second-order valence-corrected chi connectivity index (χ2v) is 7.08. The summed E-state index contributed by atoms with van der Waals surface area (Å²) in [6.07, 6.45) is 0. The summed E-state index contributed by atoms with van der Waals surface area (Å²) in [5.41, 5.74) is 3.35. The van der Waals surface area contributed by atoms with Crippen LogP contribution in [-0.4, -0.2) is 30.7 Å². The Morgan fingerprint density at radius 2 is 1.81 bits per heavy atom. The smallest absolute Gasteiger partial charge is 0.251 e. The van der Waals surface area contributed by atoms with Crippen molar-refractivity contribution in [3.05, 3.63) is 70.5 Å². The van der Waals surface area contributed by atoms with Crippen molar-refractivity contribution in [2.24, 2.45) is 0 Å². The lowest BCUT2D eigenvalue weighted by Crippen LogP contribution is -2.37. The van der Waals surface area contributed by atoms with Gasteiger partial charge in [0.05, 0.1) is 6.54 Å². The fourth-order valence-electron chi connectivity index (χ4n) is 2.27. The van der Waals surface area contributed by atoms with Gasteiger partial charge in [-0.15, -0.1) is 0 Å². The van der Waals surface area contributed by atoms with Gasteiger partial charge in [-0.3, -0.25) is 9.59 Å². The number of amides is 2. The van der Waals surface area contributed by atoms with Crippen LogP contribution in [0, 0.1) is 19.7 Å². The Kier molecular flexibility index (Phi) is 7.66. The Morgan fingerprint density at radius 1 is 1.04 bits per heavy atom. The first kappa shape index (κ1) is 20.0. The summed E-state index contributed by atoms with van der Waals surface area (Å²) in [6, 6.07) is 12.1. The molecule has 0 heterocycles. The fraction of sp³-hybridized carbons (Fsp3) is 0.300. The highest BCUT2D eigenvalue weighted by Gasteiger charge is 2.08. The molecule has 138 valence electrons. The molecule has 0 bridgehead atoms. The van der Waals surface area contributed by atoms with E-state index in [2.05, 4.69) is 10.6 Å². The molecular weight excluding hydrogens is 351 g/mol. The van der Waals surface area contributed by atoms with E-state index in [1.54, 1.807) is 36.0 Å². The van der Waals surface area contributed by atoms with Crippen molar-refractivity contribution in [1.29, 1.82) is 0 Å². The van der Waals surface area contributed by atoms with Crippen LogP contribution in [0.2, 0.25) is 0 Å². The van der Waals surface area contributed by atoms with Crippen molar-refractivity contribution in [2.75, 3.05) is 18.8 Å². The molecule has 0 saturated carbocycles. The van der Waals surface area contributed by atoms with Gasteiger partial charge in [0.1, 0.15) is 5.82 Å². The molecule has 0 aliphatic rings. The van der Waals surface area contributed by atoms with Crippen LogP contribution in [0.25, 0.3) is 0 Å². The Hall–Kier alpha value is -2.34. The minimum absolute atomic E-state index is 0.0657. The predicted molar refractivity (Wildman–Crippen MR) is 104 cm³/mol. The molecule has 0 spiro atoms. The van der Waals surface area contributed by atoms with Gasteiger partial charge >= 0.3 is 0 Å². The highest BCUT2D eigenvalue weighted by molar-refractivity contribution is 7.98. The number of carbonyl (C=O) groups excluding carboxylic acids is 2. The Labute approximate surface area is 157 Å². The monoisotopic (exact) mass is 374 g/mol. The van der Waals surface area contributed by atoms with E-state index in [0.29, 0.717) is 29.2 Å². The predicted octanol–water partition coefficient (Wildman–Crippen LogP) is 3.22. The largest absolute Gasteiger partial charge is 0.354 e. The molecule has 2 N–H and O–H groups in total. The summed E-state index contributed by atoms with van der Waals surface area (Å²) >= 11 is 1.54. The van der Waals surface area contributed by atoms with Crippen molar-refractivity contribution < 1.29 is 14.0 Å². The van der Waals surface area contributed by atoms with E-state index in [1.165, 1.54) is 6.07 Å². The molecule has 26 heavy (non-hydrogen) atoms. The summed E-state index contributed by atoms with van der Waals surface area (Å²) in [6.45, 7) is 4.33. The zero-order valence-electron chi connectivity index (χ0n) is 15.0. The lowest BCUT2D eigenvalue weighted by molar-refractivity contribution is -0.120. The van der Waals surface area contributed by atoms with Crippen LogP contribution >= 0.6 is 11.8 Å². The van der Waals surface area contributed by atoms with Crippen LogP contribution in [0.4, 0.5) is 4.39 Å². The van der Waals surface area contributed by atoms with Gasteiger partial charge in [-0.2, -0.15) is 11.8 Å². The van der Waals surface area contributed by atoms with Gasteiger partial charge in [-0.1, -0.05) is 24.3 Å². The summed E-state index contributed by atoms with van der Waals surface area (Å²) in [5, 5.41) is 5.35. The normalized spacial score (nSPS) is 10.4. The molecule has 6 heteroatoms. The minimum atomic E-state index is -0.267. The number of carbonyl (C=O) groups is 2. The minimum Gasteiger partial charge on any atom is -0.354 e. The number of thioether (sulfide) groups is 1. The van der Waals surface area contributed by atoms with Crippen molar-refractivity contribution in [1.82, 2.24) is 10.6 Å². The third-order valence-electron chi connectivity index (χ3n) is 3.96. The first-order valence-electron chi connectivity index (χ1n) is 8.40. The van der Waals surface area contributed by atoms with Crippen LogP contribution in [0.3, 0.4) is 0 Å². The number of benzene rings is 2. The van der Waals surface area contributed by atoms with E-state index < -0.39 is 0 Å². The van der Waals surface area contributed by atoms with E-state index in [0.717, 1.165) is 11.1 Å². The van der Waals surface area contributed by atoms with Crippen LogP contribution in [0.5, 0.6) is 0 Å². The molecular formula is C20H23FN2O2S. The molecule has 0 aromatic heterocycles. The molecule has 2 aromatic rings. The molecule has 0 unspecified atom stereocenters. The van der Waals surface area contributed by atoms with Gasteiger partial charge in [0.2, 0.25) is 5.91 Å². The van der Waals surface area contributed by atoms with E-state index in [1.807, 2.05) is 26.0 Å². The first-order valence-corrected chi connectivity index (χ1v) is 9.56. The first-order chi connectivity index (χ1) is 12.5. The quantitative estimate of drug-likeness (QED) is 0.698. The number of hydrogen-bond acceptors (Lipinski definition) is 3. The molecule has 2 rings (SSSR count). The molecule has 0 saturated heterocycles. The van der Waals surface area contributed by atoms with Crippen molar-refractivity contribution in [3.8, 4) is 0 Å². The molecule has 0 aliphatic carbocycles. The maximum Gasteiger partial charge on any atom is 0.251 e. The topological polar surface area (TPSA) is 58.2 Å². The van der Waals surface area contributed by atoms with Crippen LogP contribution < -0.4 is 10.6 Å². The molecule has 4 nitrogen and oxygen atoms in total. The SMILES string of the molecule is Cc1ccc(C(=O)NCC(=O)NCCSCc2ccccc2F)cc1C. The van der Waals surface area contributed by atoms with Gasteiger partial charge in [0.15, 0.2) is 0 Å². The number of halogens is 1. The lowest BCUT2D eigenvalue weighted by Gasteiger charge is -2.08. The van der Waals surface area contributed by atoms with Crippen molar-refractivity contribution >= 4 is 23.6 Å². The summed E-state index contributed by atoms with van der Waals surface area (Å²) in [5.74, 6) is 0.515. The molecule has 0 radical (unpaired) electrons. The third-order valence-corrected chi connectivity index (χ3v) is 4.97. The Bertz CT molecular complexity index is 780. The lowest BCUT2D eigenvalue weighted by atomic mass is 10.1. The zero-order chi connectivity index (χ0) is 18.9. The molecule has 0 fully saturated rings. The van der Waals surface area contributed by atoms with Crippen LogP contribution in [0.15, 0.2) is 42.5 Å². The van der Waals surface area contributed by atoms with E-state index in [4.69, 9.17) is 0 Å². The van der Waals surface area contributed by atoms with Crippen LogP contribution in [-0.2, 0) is 10.5 Å². The summed E-state index contributed by atoms with van der Waals surface area (Å²) in [4.78, 5) is 23.8. The fourth-order valence-corrected chi connectivity index (χ4v) is 3.11. The molecule has 2 aromatic carbocycles. The number of nitrogens with one attached hydrogen (secondary N) is 2. The Morgan fingerprint density at radius 3 is 2.54 bits per heavy atom. The van der Waals surface area contributed by atoms with Crippen LogP contribution in [0.1, 0.15) is 27.0 Å². The van der Waals surface area contributed by atoms with E-state index in [-0.39, 0.29) is 24.2 Å². The highest BCUT2D eigenvalue weighted by Crippen LogP contribution is 2.14. The van der Waals surface area contributed by atoms with Crippen molar-refractivity contribution in [2.45, 2.75) is 19.6 Å². The van der Waals surface area contributed by atoms with Gasteiger partial charge in [0.25, 0.3) is 5.91 Å². The standard InChI is InChI=1S/C20H23FN2O2S/c1-14-7-8-16(11-15(14)2)20(25)23-12-19(24)22-9-10-26-13-17-5-3-4-6-18(17)21/h3-8,11H,9-10,12-13H2,1-2H3,(H,22,24)(H,23,25). The number of rotatable bonds is 8. The Balaban J connectivity index is 1.63. The zero-order valence-corrected chi connectivity index (χ0v) is 15.8. The molecule has 0 aliphatic heterocycles.